The van der Waals surface area contributed by atoms with E-state index in [2.05, 4.69) is 20.3 Å². The summed E-state index contributed by atoms with van der Waals surface area (Å²) in [5.74, 6) is -0.124. The van der Waals surface area contributed by atoms with E-state index in [9.17, 15) is 4.79 Å². The van der Waals surface area contributed by atoms with Crippen LogP contribution in [0.2, 0.25) is 0 Å². The van der Waals surface area contributed by atoms with Gasteiger partial charge in [-0.25, -0.2) is 9.97 Å². The van der Waals surface area contributed by atoms with Gasteiger partial charge in [-0.05, 0) is 30.3 Å². The van der Waals surface area contributed by atoms with Gasteiger partial charge in [-0.2, -0.15) is 0 Å². The summed E-state index contributed by atoms with van der Waals surface area (Å²) < 4.78 is 0. The molecular weight excluding hydrogens is 314 g/mol. The molecule has 0 aliphatic carbocycles. The molecule has 0 atom stereocenters. The van der Waals surface area contributed by atoms with Gasteiger partial charge < -0.3 is 11.1 Å². The normalized spacial score (nSPS) is 9.74. The number of rotatable bonds is 4. The number of halogens is 1. The zero-order valence-corrected chi connectivity index (χ0v) is 12.8. The number of amides is 1. The maximum Gasteiger partial charge on any atom is 0.250 e. The van der Waals surface area contributed by atoms with Crippen LogP contribution in [0.4, 0.5) is 11.6 Å². The number of pyridine rings is 1. The maximum atomic E-state index is 11.4. The van der Waals surface area contributed by atoms with E-state index in [0.29, 0.717) is 17.2 Å². The molecule has 6 nitrogen and oxygen atoms in total. The Morgan fingerprint density at radius 3 is 2.61 bits per heavy atom. The number of aromatic nitrogens is 3. The number of anilines is 2. The summed E-state index contributed by atoms with van der Waals surface area (Å²) in [6, 6.07) is 12.5. The highest BCUT2D eigenvalue weighted by Gasteiger charge is 2.09. The molecule has 0 radical (unpaired) electrons. The summed E-state index contributed by atoms with van der Waals surface area (Å²) in [7, 11) is 0. The van der Waals surface area contributed by atoms with Gasteiger partial charge in [-0.3, -0.25) is 9.78 Å². The summed E-state index contributed by atoms with van der Waals surface area (Å²) in [6.45, 7) is 0. The van der Waals surface area contributed by atoms with Crippen LogP contribution in [0.15, 0.2) is 61.1 Å². The molecule has 0 saturated heterocycles. The van der Waals surface area contributed by atoms with Gasteiger partial charge in [0, 0.05) is 24.2 Å². The minimum absolute atomic E-state index is 0. The van der Waals surface area contributed by atoms with E-state index in [0.717, 1.165) is 11.3 Å². The molecule has 0 fully saturated rings. The van der Waals surface area contributed by atoms with Crippen LogP contribution in [0.25, 0.3) is 11.3 Å². The molecule has 1 amide bonds. The average molecular weight is 328 g/mol. The summed E-state index contributed by atoms with van der Waals surface area (Å²) in [6.07, 6.45) is 5.07. The van der Waals surface area contributed by atoms with E-state index >= 15 is 0 Å². The minimum Gasteiger partial charge on any atom is -0.366 e. The van der Waals surface area contributed by atoms with Crippen molar-refractivity contribution >= 4 is 29.9 Å². The molecule has 1 aromatic carbocycles. The second-order valence-electron chi connectivity index (χ2n) is 4.54. The van der Waals surface area contributed by atoms with Crippen LogP contribution < -0.4 is 11.1 Å². The molecule has 0 aliphatic rings. The third kappa shape index (κ3) is 3.81. The van der Waals surface area contributed by atoms with E-state index < -0.39 is 5.91 Å². The van der Waals surface area contributed by atoms with Crippen LogP contribution in [0.1, 0.15) is 10.4 Å². The third-order valence-electron chi connectivity index (χ3n) is 3.05. The Labute approximate surface area is 139 Å². The van der Waals surface area contributed by atoms with Gasteiger partial charge in [0.1, 0.15) is 0 Å². The minimum atomic E-state index is -0.508. The standard InChI is InChI=1S/C16H13N5O.ClH/c17-15(22)12-5-1-2-6-14(12)21-16-19-9-7-13(20-16)11-4-3-8-18-10-11;/h1-10H,(H2,17,22)(H,19,20,21);1H. The molecule has 0 aliphatic heterocycles. The Morgan fingerprint density at radius 2 is 1.87 bits per heavy atom. The van der Waals surface area contributed by atoms with Crippen molar-refractivity contribution in [3.63, 3.8) is 0 Å². The number of benzene rings is 1. The first-order valence-corrected chi connectivity index (χ1v) is 6.63. The first-order chi connectivity index (χ1) is 10.7. The van der Waals surface area contributed by atoms with Crippen LogP contribution in [0.5, 0.6) is 0 Å². The quantitative estimate of drug-likeness (QED) is 0.768. The van der Waals surface area contributed by atoms with Crippen LogP contribution >= 0.6 is 12.4 Å². The Kier molecular flexibility index (Phi) is 5.22. The number of hydrogen-bond donors (Lipinski definition) is 2. The van der Waals surface area contributed by atoms with Crippen molar-refractivity contribution in [2.75, 3.05) is 5.32 Å². The lowest BCUT2D eigenvalue weighted by molar-refractivity contribution is 0.100. The summed E-state index contributed by atoms with van der Waals surface area (Å²) in [4.78, 5) is 24.1. The number of nitrogens with one attached hydrogen (secondary N) is 1. The van der Waals surface area contributed by atoms with Gasteiger partial charge in [0.05, 0.1) is 16.9 Å². The molecule has 0 spiro atoms. The van der Waals surface area contributed by atoms with Crippen LogP contribution in [0, 0.1) is 0 Å². The maximum absolute atomic E-state index is 11.4. The molecule has 0 bridgehead atoms. The van der Waals surface area contributed by atoms with E-state index in [1.54, 1.807) is 48.9 Å². The average Bonchev–Trinajstić information content (AvgIpc) is 2.56. The van der Waals surface area contributed by atoms with Gasteiger partial charge >= 0.3 is 0 Å². The van der Waals surface area contributed by atoms with Gasteiger partial charge in [-0.1, -0.05) is 12.1 Å². The molecule has 0 saturated carbocycles. The number of hydrogen-bond acceptors (Lipinski definition) is 5. The fraction of sp³-hybridized carbons (Fsp3) is 0. The topological polar surface area (TPSA) is 93.8 Å². The van der Waals surface area contributed by atoms with Crippen molar-refractivity contribution in [1.29, 1.82) is 0 Å². The van der Waals surface area contributed by atoms with Crippen molar-refractivity contribution < 1.29 is 4.79 Å². The number of carbonyl (C=O) groups excluding carboxylic acids is 1. The Hall–Kier alpha value is -2.99. The van der Waals surface area contributed by atoms with Gasteiger partial charge in [0.2, 0.25) is 5.95 Å². The molecule has 7 heteroatoms. The van der Waals surface area contributed by atoms with Crippen molar-refractivity contribution in [2.24, 2.45) is 5.73 Å². The summed E-state index contributed by atoms with van der Waals surface area (Å²) >= 11 is 0. The van der Waals surface area contributed by atoms with Crippen molar-refractivity contribution in [3.05, 3.63) is 66.6 Å². The lowest BCUT2D eigenvalue weighted by Gasteiger charge is -2.09. The highest BCUT2D eigenvalue weighted by Crippen LogP contribution is 2.20. The molecule has 3 N–H and O–H groups in total. The number of nitrogens with two attached hydrogens (primary N) is 1. The Balaban J connectivity index is 0.00000192. The Morgan fingerprint density at radius 1 is 1.04 bits per heavy atom. The van der Waals surface area contributed by atoms with Crippen LogP contribution in [-0.2, 0) is 0 Å². The van der Waals surface area contributed by atoms with Crippen molar-refractivity contribution in [1.82, 2.24) is 15.0 Å². The lowest BCUT2D eigenvalue weighted by atomic mass is 10.1. The highest BCUT2D eigenvalue weighted by molar-refractivity contribution is 5.98. The fourth-order valence-corrected chi connectivity index (χ4v) is 2.02. The molecule has 3 rings (SSSR count). The largest absolute Gasteiger partial charge is 0.366 e. The molecule has 0 unspecified atom stereocenters. The SMILES string of the molecule is Cl.NC(=O)c1ccccc1Nc1nccc(-c2cccnc2)n1. The second-order valence-corrected chi connectivity index (χ2v) is 4.54. The lowest BCUT2D eigenvalue weighted by Crippen LogP contribution is -2.13. The van der Waals surface area contributed by atoms with Crippen LogP contribution in [0.3, 0.4) is 0 Å². The van der Waals surface area contributed by atoms with E-state index in [4.69, 9.17) is 5.73 Å². The monoisotopic (exact) mass is 327 g/mol. The number of para-hydroxylation sites is 1. The second kappa shape index (κ2) is 7.33. The van der Waals surface area contributed by atoms with Gasteiger partial charge in [0.25, 0.3) is 5.91 Å². The first-order valence-electron chi connectivity index (χ1n) is 6.63. The smallest absolute Gasteiger partial charge is 0.250 e. The Bertz CT molecular complexity index is 810. The van der Waals surface area contributed by atoms with Crippen LogP contribution in [-0.4, -0.2) is 20.9 Å². The molecule has 23 heavy (non-hydrogen) atoms. The van der Waals surface area contributed by atoms with E-state index in [-0.39, 0.29) is 12.4 Å². The number of carbonyl (C=O) groups is 1. The number of nitrogens with zero attached hydrogens (tertiary/aromatic N) is 3. The summed E-state index contributed by atoms with van der Waals surface area (Å²) in [5, 5.41) is 3.02. The van der Waals surface area contributed by atoms with Gasteiger partial charge in [-0.15, -0.1) is 12.4 Å². The predicted octanol–water partition coefficient (Wildman–Crippen LogP) is 2.80. The summed E-state index contributed by atoms with van der Waals surface area (Å²) in [5.41, 5.74) is 7.94. The molecular formula is C16H14ClN5O. The third-order valence-corrected chi connectivity index (χ3v) is 3.05. The molecule has 116 valence electrons. The van der Waals surface area contributed by atoms with E-state index in [1.807, 2.05) is 12.1 Å². The zero-order valence-electron chi connectivity index (χ0n) is 12.0. The van der Waals surface area contributed by atoms with Crippen molar-refractivity contribution in [3.8, 4) is 11.3 Å². The molecule has 2 heterocycles. The first kappa shape index (κ1) is 16.4. The zero-order chi connectivity index (χ0) is 15.4. The molecule has 3 aromatic rings. The number of primary amides is 1. The fourth-order valence-electron chi connectivity index (χ4n) is 2.02. The predicted molar refractivity (Wildman–Crippen MR) is 90.8 cm³/mol. The van der Waals surface area contributed by atoms with E-state index in [1.165, 1.54) is 0 Å². The molecule has 2 aromatic heterocycles. The van der Waals surface area contributed by atoms with Gasteiger partial charge in [0.15, 0.2) is 0 Å². The highest BCUT2D eigenvalue weighted by atomic mass is 35.5. The van der Waals surface area contributed by atoms with Crippen molar-refractivity contribution in [2.45, 2.75) is 0 Å².